The van der Waals surface area contributed by atoms with Crippen molar-refractivity contribution in [1.82, 2.24) is 9.88 Å². The quantitative estimate of drug-likeness (QED) is 0.601. The summed E-state index contributed by atoms with van der Waals surface area (Å²) >= 11 is 1.47. The number of benzene rings is 2. The molecule has 1 saturated heterocycles. The van der Waals surface area contributed by atoms with Crippen LogP contribution >= 0.6 is 11.3 Å². The van der Waals surface area contributed by atoms with Crippen LogP contribution in [0.1, 0.15) is 6.92 Å². The van der Waals surface area contributed by atoms with Gasteiger partial charge in [0.15, 0.2) is 21.1 Å². The number of amides is 1. The Balaban J connectivity index is 1.43. The van der Waals surface area contributed by atoms with E-state index in [9.17, 15) is 13.2 Å². The average molecular weight is 446 g/mol. The second-order valence-electron chi connectivity index (χ2n) is 7.26. The van der Waals surface area contributed by atoms with Crippen molar-refractivity contribution < 1.29 is 17.9 Å². The van der Waals surface area contributed by atoms with Gasteiger partial charge in [-0.3, -0.25) is 4.79 Å². The van der Waals surface area contributed by atoms with E-state index in [1.165, 1.54) is 17.6 Å². The normalized spacial score (nSPS) is 15.9. The monoisotopic (exact) mass is 445 g/mol. The average Bonchev–Trinajstić information content (AvgIpc) is 3.17. The number of nitrogens with zero attached hydrogens (tertiary/aromatic N) is 3. The van der Waals surface area contributed by atoms with Crippen LogP contribution in [0.15, 0.2) is 53.4 Å². The molecule has 0 N–H and O–H groups in total. The fraction of sp³-hybridized carbons (Fsp3) is 0.333. The molecule has 2 heterocycles. The van der Waals surface area contributed by atoms with Crippen LogP contribution in [0.25, 0.3) is 10.2 Å². The summed E-state index contributed by atoms with van der Waals surface area (Å²) in [5, 5.41) is 0.779. The van der Waals surface area contributed by atoms with Crippen molar-refractivity contribution in [1.29, 1.82) is 0 Å². The molecule has 1 amide bonds. The van der Waals surface area contributed by atoms with E-state index in [-0.39, 0.29) is 10.8 Å². The van der Waals surface area contributed by atoms with Gasteiger partial charge in [-0.05, 0) is 31.2 Å². The van der Waals surface area contributed by atoms with E-state index in [0.29, 0.717) is 37.4 Å². The third-order valence-electron chi connectivity index (χ3n) is 5.04. The first kappa shape index (κ1) is 20.6. The first-order valence-electron chi connectivity index (χ1n) is 9.68. The van der Waals surface area contributed by atoms with Gasteiger partial charge in [-0.25, -0.2) is 13.4 Å². The Bertz CT molecular complexity index is 1150. The van der Waals surface area contributed by atoms with E-state index < -0.39 is 15.9 Å². The van der Waals surface area contributed by atoms with Gasteiger partial charge >= 0.3 is 0 Å². The first-order valence-corrected chi connectivity index (χ1v) is 12.4. The molecule has 0 spiro atoms. The molecule has 7 nitrogen and oxygen atoms in total. The Hall–Kier alpha value is -2.65. The molecule has 1 aromatic heterocycles. The number of anilines is 1. The Morgan fingerprint density at radius 3 is 2.43 bits per heavy atom. The van der Waals surface area contributed by atoms with Crippen LogP contribution in [-0.4, -0.2) is 62.7 Å². The first-order chi connectivity index (χ1) is 14.3. The van der Waals surface area contributed by atoms with E-state index in [4.69, 9.17) is 4.74 Å². The molecule has 2 aromatic carbocycles. The number of thiazole rings is 1. The minimum Gasteiger partial charge on any atom is -0.481 e. The van der Waals surface area contributed by atoms with Crippen molar-refractivity contribution in [3.8, 4) is 5.75 Å². The van der Waals surface area contributed by atoms with Gasteiger partial charge in [-0.1, -0.05) is 35.6 Å². The molecule has 1 aliphatic rings. The van der Waals surface area contributed by atoms with Gasteiger partial charge in [0.1, 0.15) is 11.3 Å². The lowest BCUT2D eigenvalue weighted by molar-refractivity contribution is -0.138. The summed E-state index contributed by atoms with van der Waals surface area (Å²) < 4.78 is 30.7. The zero-order chi connectivity index (χ0) is 21.3. The zero-order valence-corrected chi connectivity index (χ0v) is 18.4. The molecule has 1 atom stereocenters. The molecule has 9 heteroatoms. The SMILES string of the molecule is CC(Oc1ccccc1)C(=O)N1CCN(c2nc3c(S(C)(=O)=O)cccc3s2)CC1. The number of carbonyl (C=O) groups is 1. The summed E-state index contributed by atoms with van der Waals surface area (Å²) in [6.07, 6.45) is 0.642. The Morgan fingerprint density at radius 1 is 1.07 bits per heavy atom. The highest BCUT2D eigenvalue weighted by Crippen LogP contribution is 2.33. The van der Waals surface area contributed by atoms with Gasteiger partial charge < -0.3 is 14.5 Å². The fourth-order valence-corrected chi connectivity index (χ4v) is 5.42. The third kappa shape index (κ3) is 4.27. The van der Waals surface area contributed by atoms with Crippen molar-refractivity contribution in [2.24, 2.45) is 0 Å². The van der Waals surface area contributed by atoms with E-state index in [1.54, 1.807) is 24.0 Å². The molecule has 1 unspecified atom stereocenters. The van der Waals surface area contributed by atoms with Crippen LogP contribution in [0, 0.1) is 0 Å². The second-order valence-corrected chi connectivity index (χ2v) is 10.3. The maximum atomic E-state index is 12.7. The molecule has 158 valence electrons. The van der Waals surface area contributed by atoms with Gasteiger partial charge in [0.25, 0.3) is 5.91 Å². The number of carbonyl (C=O) groups excluding carboxylic acids is 1. The maximum Gasteiger partial charge on any atom is 0.263 e. The van der Waals surface area contributed by atoms with Gasteiger partial charge in [0.2, 0.25) is 0 Å². The summed E-state index contributed by atoms with van der Waals surface area (Å²) in [6, 6.07) is 14.5. The van der Waals surface area contributed by atoms with E-state index in [1.807, 2.05) is 36.4 Å². The van der Waals surface area contributed by atoms with Crippen molar-refractivity contribution in [2.75, 3.05) is 37.3 Å². The predicted octanol–water partition coefficient (Wildman–Crippen LogP) is 2.82. The standard InChI is InChI=1S/C21H23N3O4S2/c1-15(28-16-7-4-3-5-8-16)20(25)23-11-13-24(14-12-23)21-22-19-17(29-21)9-6-10-18(19)30(2,26)27/h3-10,15H,11-14H2,1-2H3. The number of hydrogen-bond donors (Lipinski definition) is 0. The number of aromatic nitrogens is 1. The molecule has 0 bridgehead atoms. The van der Waals surface area contributed by atoms with Crippen molar-refractivity contribution in [3.05, 3.63) is 48.5 Å². The highest BCUT2D eigenvalue weighted by atomic mass is 32.2. The number of rotatable bonds is 5. The second kappa shape index (κ2) is 8.23. The highest BCUT2D eigenvalue weighted by molar-refractivity contribution is 7.91. The number of fused-ring (bicyclic) bond motifs is 1. The topological polar surface area (TPSA) is 79.8 Å². The summed E-state index contributed by atoms with van der Waals surface area (Å²) in [4.78, 5) is 21.5. The summed E-state index contributed by atoms with van der Waals surface area (Å²) in [7, 11) is -3.34. The Morgan fingerprint density at radius 2 is 1.77 bits per heavy atom. The number of ether oxygens (including phenoxy) is 1. The molecule has 1 aliphatic heterocycles. The van der Waals surface area contributed by atoms with Crippen molar-refractivity contribution in [3.63, 3.8) is 0 Å². The Kier molecular flexibility index (Phi) is 5.66. The van der Waals surface area contributed by atoms with E-state index >= 15 is 0 Å². The summed E-state index contributed by atoms with van der Waals surface area (Å²) in [5.74, 6) is 0.635. The van der Waals surface area contributed by atoms with Crippen LogP contribution < -0.4 is 9.64 Å². The number of hydrogen-bond acceptors (Lipinski definition) is 7. The molecule has 3 aromatic rings. The van der Waals surface area contributed by atoms with E-state index in [0.717, 1.165) is 9.83 Å². The molecule has 0 radical (unpaired) electrons. The Labute approximate surface area is 179 Å². The van der Waals surface area contributed by atoms with E-state index in [2.05, 4.69) is 9.88 Å². The molecular weight excluding hydrogens is 422 g/mol. The number of sulfone groups is 1. The summed E-state index contributed by atoms with van der Waals surface area (Å²) in [6.45, 7) is 4.17. The van der Waals surface area contributed by atoms with Crippen LogP contribution in [0.5, 0.6) is 5.75 Å². The van der Waals surface area contributed by atoms with Crippen LogP contribution in [0.3, 0.4) is 0 Å². The molecule has 0 saturated carbocycles. The maximum absolute atomic E-state index is 12.7. The highest BCUT2D eigenvalue weighted by Gasteiger charge is 2.27. The minimum atomic E-state index is -3.34. The molecule has 1 fully saturated rings. The molecule has 4 rings (SSSR count). The third-order valence-corrected chi connectivity index (χ3v) is 7.25. The smallest absolute Gasteiger partial charge is 0.263 e. The van der Waals surface area contributed by atoms with Crippen LogP contribution in [0.2, 0.25) is 0 Å². The number of piperazine rings is 1. The fourth-order valence-electron chi connectivity index (χ4n) is 3.47. The lowest BCUT2D eigenvalue weighted by Gasteiger charge is -2.35. The lowest BCUT2D eigenvalue weighted by atomic mass is 10.2. The summed E-state index contributed by atoms with van der Waals surface area (Å²) in [5.41, 5.74) is 0.517. The van der Waals surface area contributed by atoms with Gasteiger partial charge in [-0.2, -0.15) is 0 Å². The molecular formula is C21H23N3O4S2. The van der Waals surface area contributed by atoms with Gasteiger partial charge in [0, 0.05) is 32.4 Å². The van der Waals surface area contributed by atoms with Crippen molar-refractivity contribution >= 4 is 42.4 Å². The predicted molar refractivity (Wildman–Crippen MR) is 118 cm³/mol. The largest absolute Gasteiger partial charge is 0.481 e. The van der Waals surface area contributed by atoms with Crippen LogP contribution in [0.4, 0.5) is 5.13 Å². The molecule has 0 aliphatic carbocycles. The zero-order valence-electron chi connectivity index (χ0n) is 16.8. The minimum absolute atomic E-state index is 0.0397. The van der Waals surface area contributed by atoms with Gasteiger partial charge in [0.05, 0.1) is 9.60 Å². The van der Waals surface area contributed by atoms with Gasteiger partial charge in [-0.15, -0.1) is 0 Å². The van der Waals surface area contributed by atoms with Crippen LogP contribution in [-0.2, 0) is 14.6 Å². The lowest BCUT2D eigenvalue weighted by Crippen LogP contribution is -2.52. The molecule has 30 heavy (non-hydrogen) atoms. The number of para-hydroxylation sites is 2. The van der Waals surface area contributed by atoms with Crippen molar-refractivity contribution in [2.45, 2.75) is 17.9 Å².